The van der Waals surface area contributed by atoms with Crippen LogP contribution in [0.5, 0.6) is 0 Å². The average Bonchev–Trinajstić information content (AvgIpc) is 3.00. The second kappa shape index (κ2) is 11.3. The number of likely N-dealkylation sites (tertiary alicyclic amines) is 1. The van der Waals surface area contributed by atoms with Crippen LogP contribution in [0.1, 0.15) is 31.2 Å². The SMILES string of the molecule is O=C1Nc2c(Cl)cccc2N(c2cccc(C(F)(F)F)c2)C[C@@H]1N1C(=O)[C@@H](CCC(F)(F)F)[C@@H](CCC(F)(F)F)C1=O. The predicted octanol–water partition coefficient (Wildman–Crippen LogP) is 7.10. The molecule has 16 heteroatoms. The summed E-state index contributed by atoms with van der Waals surface area (Å²) in [5, 5.41) is 2.34. The van der Waals surface area contributed by atoms with Crippen molar-refractivity contribution in [2.45, 2.75) is 50.3 Å². The number of rotatable bonds is 6. The Bertz CT molecular complexity index is 1340. The molecule has 0 spiro atoms. The fraction of sp³-hybridized carbons (Fsp3) is 0.423. The first kappa shape index (κ1) is 31.4. The highest BCUT2D eigenvalue weighted by atomic mass is 35.5. The summed E-state index contributed by atoms with van der Waals surface area (Å²) in [7, 11) is 0. The molecule has 2 heterocycles. The molecule has 42 heavy (non-hydrogen) atoms. The zero-order valence-corrected chi connectivity index (χ0v) is 22.0. The summed E-state index contributed by atoms with van der Waals surface area (Å²) >= 11 is 6.23. The molecule has 0 unspecified atom stereocenters. The molecule has 0 radical (unpaired) electrons. The van der Waals surface area contributed by atoms with Crippen LogP contribution in [-0.4, -0.2) is 47.6 Å². The van der Waals surface area contributed by atoms with Crippen molar-refractivity contribution in [2.24, 2.45) is 11.8 Å². The summed E-state index contributed by atoms with van der Waals surface area (Å²) in [5.74, 6) is -7.22. The number of hydrogen-bond donors (Lipinski definition) is 1. The number of anilines is 3. The molecule has 1 saturated heterocycles. The Labute approximate surface area is 237 Å². The lowest BCUT2D eigenvalue weighted by Crippen LogP contribution is -2.51. The Morgan fingerprint density at radius 3 is 1.88 bits per heavy atom. The normalized spacial score (nSPS) is 21.9. The molecule has 0 saturated carbocycles. The Morgan fingerprint density at radius 1 is 0.810 bits per heavy atom. The van der Waals surface area contributed by atoms with Crippen molar-refractivity contribution in [3.63, 3.8) is 0 Å². The van der Waals surface area contributed by atoms with Gasteiger partial charge in [0, 0.05) is 18.5 Å². The maximum absolute atomic E-state index is 13.5. The monoisotopic (exact) mass is 629 g/mol. The Balaban J connectivity index is 1.77. The standard InChI is InChI=1S/C26H21ClF9N3O3/c27-17-5-2-6-18-20(17)37-21(40)19(12-38(18)14-4-1-3-13(11-14)26(34,35)36)39-22(41)15(7-9-24(28,29)30)16(23(39)42)8-10-25(31,32)33/h1-6,11,15-16,19H,7-10,12H2,(H,37,40)/t15-,16+,19-/m0/s1. The van der Waals surface area contributed by atoms with E-state index in [1.807, 2.05) is 0 Å². The van der Waals surface area contributed by atoms with Crippen LogP contribution < -0.4 is 10.2 Å². The number of fused-ring (bicyclic) bond motifs is 1. The second-order valence-corrected chi connectivity index (χ2v) is 10.3. The number of alkyl halides is 9. The van der Waals surface area contributed by atoms with Crippen LogP contribution in [0.25, 0.3) is 0 Å². The highest BCUT2D eigenvalue weighted by Crippen LogP contribution is 2.44. The number of nitrogens with one attached hydrogen (secondary N) is 1. The number of benzene rings is 2. The van der Waals surface area contributed by atoms with Gasteiger partial charge in [-0.05, 0) is 43.2 Å². The van der Waals surface area contributed by atoms with Gasteiger partial charge in [-0.15, -0.1) is 0 Å². The molecule has 0 aliphatic carbocycles. The smallest absolute Gasteiger partial charge is 0.337 e. The van der Waals surface area contributed by atoms with Gasteiger partial charge in [0.2, 0.25) is 17.7 Å². The molecule has 0 bridgehead atoms. The van der Waals surface area contributed by atoms with Crippen molar-refractivity contribution in [1.29, 1.82) is 0 Å². The molecular weight excluding hydrogens is 609 g/mol. The minimum atomic E-state index is -4.79. The van der Waals surface area contributed by atoms with Crippen LogP contribution in [0.4, 0.5) is 56.6 Å². The summed E-state index contributed by atoms with van der Waals surface area (Å²) < 4.78 is 118. The van der Waals surface area contributed by atoms with E-state index in [1.54, 1.807) is 0 Å². The summed E-state index contributed by atoms with van der Waals surface area (Å²) in [6.45, 7) is -0.671. The van der Waals surface area contributed by atoms with Crippen LogP contribution in [-0.2, 0) is 20.6 Å². The fourth-order valence-corrected chi connectivity index (χ4v) is 5.34. The molecule has 2 aliphatic rings. The van der Waals surface area contributed by atoms with Crippen molar-refractivity contribution in [1.82, 2.24) is 4.90 Å². The number of nitrogens with zero attached hydrogens (tertiary/aromatic N) is 2. The van der Waals surface area contributed by atoms with E-state index in [-0.39, 0.29) is 22.1 Å². The summed E-state index contributed by atoms with van der Waals surface area (Å²) in [4.78, 5) is 41.6. The molecule has 3 amide bonds. The van der Waals surface area contributed by atoms with Gasteiger partial charge in [0.15, 0.2) is 0 Å². The minimum absolute atomic E-state index is 0.0661. The van der Waals surface area contributed by atoms with Gasteiger partial charge >= 0.3 is 18.5 Å². The van der Waals surface area contributed by atoms with E-state index >= 15 is 0 Å². The van der Waals surface area contributed by atoms with Crippen molar-refractivity contribution in [2.75, 3.05) is 16.8 Å². The molecule has 2 aliphatic heterocycles. The maximum Gasteiger partial charge on any atom is 0.416 e. The van der Waals surface area contributed by atoms with Crippen molar-refractivity contribution >= 4 is 46.4 Å². The molecule has 1 fully saturated rings. The molecule has 3 atom stereocenters. The number of hydrogen-bond acceptors (Lipinski definition) is 4. The van der Waals surface area contributed by atoms with Crippen LogP contribution in [0.3, 0.4) is 0 Å². The molecule has 228 valence electrons. The molecule has 1 N–H and O–H groups in total. The predicted molar refractivity (Wildman–Crippen MR) is 132 cm³/mol. The van der Waals surface area contributed by atoms with Crippen molar-refractivity contribution in [3.8, 4) is 0 Å². The lowest BCUT2D eigenvalue weighted by molar-refractivity contribution is -0.147. The number of halogens is 10. The number of carbonyl (C=O) groups excluding carboxylic acids is 3. The Morgan fingerprint density at radius 2 is 1.36 bits per heavy atom. The number of amides is 3. The highest BCUT2D eigenvalue weighted by molar-refractivity contribution is 6.34. The van der Waals surface area contributed by atoms with Gasteiger partial charge in [0.25, 0.3) is 0 Å². The van der Waals surface area contributed by atoms with Crippen molar-refractivity contribution < 1.29 is 53.9 Å². The third-order valence-corrected chi connectivity index (χ3v) is 7.37. The van der Waals surface area contributed by atoms with Gasteiger partial charge in [0.05, 0.1) is 40.3 Å². The molecule has 4 rings (SSSR count). The third-order valence-electron chi connectivity index (χ3n) is 7.06. The van der Waals surface area contributed by atoms with Gasteiger partial charge in [-0.1, -0.05) is 23.7 Å². The van der Waals surface area contributed by atoms with Crippen molar-refractivity contribution in [3.05, 3.63) is 53.1 Å². The Kier molecular flexibility index (Phi) is 8.46. The van der Waals surface area contributed by atoms with E-state index in [0.29, 0.717) is 4.90 Å². The summed E-state index contributed by atoms with van der Waals surface area (Å²) in [6.07, 6.45) is -19.5. The van der Waals surface area contributed by atoms with Crippen LogP contribution in [0, 0.1) is 11.8 Å². The van der Waals surface area contributed by atoms with Gasteiger partial charge < -0.3 is 10.2 Å². The van der Waals surface area contributed by atoms with Crippen LogP contribution >= 0.6 is 11.6 Å². The molecule has 2 aromatic rings. The first-order valence-electron chi connectivity index (χ1n) is 12.4. The van der Waals surface area contributed by atoms with E-state index in [2.05, 4.69) is 5.32 Å². The lowest BCUT2D eigenvalue weighted by atomic mass is 9.87. The van der Waals surface area contributed by atoms with Crippen LogP contribution in [0.2, 0.25) is 5.02 Å². The zero-order chi connectivity index (χ0) is 31.2. The van der Waals surface area contributed by atoms with Gasteiger partial charge in [-0.25, -0.2) is 0 Å². The minimum Gasteiger partial charge on any atom is -0.337 e. The summed E-state index contributed by atoms with van der Waals surface area (Å²) in [6, 6.07) is 6.15. The zero-order valence-electron chi connectivity index (χ0n) is 21.2. The first-order chi connectivity index (χ1) is 19.4. The number of para-hydroxylation sites is 1. The molecule has 0 aromatic heterocycles. The Hall–Kier alpha value is -3.49. The average molecular weight is 630 g/mol. The van der Waals surface area contributed by atoms with Gasteiger partial charge in [-0.3, -0.25) is 19.3 Å². The van der Waals surface area contributed by atoms with E-state index in [1.165, 1.54) is 24.3 Å². The fourth-order valence-electron chi connectivity index (χ4n) is 5.12. The van der Waals surface area contributed by atoms with E-state index in [4.69, 9.17) is 11.6 Å². The summed E-state index contributed by atoms with van der Waals surface area (Å²) in [5.41, 5.74) is -1.24. The molecule has 2 aromatic carbocycles. The van der Waals surface area contributed by atoms with E-state index in [9.17, 15) is 53.9 Å². The quantitative estimate of drug-likeness (QED) is 0.273. The van der Waals surface area contributed by atoms with E-state index in [0.717, 1.165) is 23.1 Å². The first-order valence-corrected chi connectivity index (χ1v) is 12.8. The highest BCUT2D eigenvalue weighted by Gasteiger charge is 2.53. The van der Waals surface area contributed by atoms with E-state index < -0.39 is 91.9 Å². The van der Waals surface area contributed by atoms with Gasteiger partial charge in [-0.2, -0.15) is 39.5 Å². The van der Waals surface area contributed by atoms with Gasteiger partial charge in [0.1, 0.15) is 6.04 Å². The number of imide groups is 1. The third kappa shape index (κ3) is 6.76. The molecule has 6 nitrogen and oxygen atoms in total. The van der Waals surface area contributed by atoms with Crippen LogP contribution in [0.15, 0.2) is 42.5 Å². The maximum atomic E-state index is 13.5. The lowest BCUT2D eigenvalue weighted by Gasteiger charge is -2.30. The topological polar surface area (TPSA) is 69.7 Å². The number of carbonyl (C=O) groups is 3. The second-order valence-electron chi connectivity index (χ2n) is 9.86. The molecular formula is C26H21ClF9N3O3. The largest absolute Gasteiger partial charge is 0.416 e.